The highest BCUT2D eigenvalue weighted by Gasteiger charge is 2.30. The SMILES string of the molecule is CCC(C)C(Oc1nc(C)n(-c2cccc(C)c2)n1)C(=O)OC(C)C. The predicted octanol–water partition coefficient (Wildman–Crippen LogP) is 3.63. The number of hydrogen-bond donors (Lipinski definition) is 0. The fourth-order valence-corrected chi connectivity index (χ4v) is 2.44. The van der Waals surface area contributed by atoms with Crippen molar-refractivity contribution in [2.75, 3.05) is 0 Å². The third kappa shape index (κ3) is 4.81. The van der Waals surface area contributed by atoms with Crippen molar-refractivity contribution < 1.29 is 14.3 Å². The van der Waals surface area contributed by atoms with Crippen molar-refractivity contribution in [2.24, 2.45) is 5.92 Å². The van der Waals surface area contributed by atoms with Crippen molar-refractivity contribution in [3.05, 3.63) is 35.7 Å². The van der Waals surface area contributed by atoms with Crippen LogP contribution in [0.4, 0.5) is 0 Å². The molecular formula is C19H27N3O3. The second-order valence-electron chi connectivity index (χ2n) is 6.60. The Morgan fingerprint density at radius 1 is 1.24 bits per heavy atom. The summed E-state index contributed by atoms with van der Waals surface area (Å²) in [7, 11) is 0. The van der Waals surface area contributed by atoms with Crippen molar-refractivity contribution >= 4 is 5.97 Å². The van der Waals surface area contributed by atoms with Crippen LogP contribution >= 0.6 is 0 Å². The van der Waals surface area contributed by atoms with Crippen LogP contribution in [-0.4, -0.2) is 32.9 Å². The second kappa shape index (κ2) is 8.14. The number of carbonyl (C=O) groups excluding carboxylic acids is 1. The number of rotatable bonds is 7. The summed E-state index contributed by atoms with van der Waals surface area (Å²) in [5, 5.41) is 4.41. The van der Waals surface area contributed by atoms with E-state index in [0.29, 0.717) is 5.82 Å². The van der Waals surface area contributed by atoms with E-state index in [2.05, 4.69) is 10.1 Å². The van der Waals surface area contributed by atoms with Gasteiger partial charge in [-0.1, -0.05) is 26.0 Å². The van der Waals surface area contributed by atoms with Gasteiger partial charge in [0.2, 0.25) is 6.10 Å². The molecule has 0 radical (unpaired) electrons. The van der Waals surface area contributed by atoms with Gasteiger partial charge in [-0.2, -0.15) is 4.98 Å². The summed E-state index contributed by atoms with van der Waals surface area (Å²) in [4.78, 5) is 16.7. The normalized spacial score (nSPS) is 13.6. The monoisotopic (exact) mass is 345 g/mol. The number of aryl methyl sites for hydroxylation is 2. The number of ether oxygens (including phenoxy) is 2. The molecule has 0 saturated heterocycles. The van der Waals surface area contributed by atoms with Gasteiger partial charge in [0.1, 0.15) is 5.82 Å². The Morgan fingerprint density at radius 2 is 1.96 bits per heavy atom. The molecule has 6 heteroatoms. The topological polar surface area (TPSA) is 66.2 Å². The molecule has 0 aliphatic heterocycles. The minimum atomic E-state index is -0.722. The number of nitrogens with zero attached hydrogens (tertiary/aromatic N) is 3. The minimum Gasteiger partial charge on any atom is -0.460 e. The molecule has 136 valence electrons. The van der Waals surface area contributed by atoms with Crippen LogP contribution < -0.4 is 4.74 Å². The molecule has 1 heterocycles. The van der Waals surface area contributed by atoms with E-state index < -0.39 is 6.10 Å². The second-order valence-corrected chi connectivity index (χ2v) is 6.60. The highest BCUT2D eigenvalue weighted by Crippen LogP contribution is 2.19. The van der Waals surface area contributed by atoms with E-state index in [4.69, 9.17) is 9.47 Å². The van der Waals surface area contributed by atoms with Gasteiger partial charge >= 0.3 is 12.0 Å². The molecule has 2 atom stereocenters. The Hall–Kier alpha value is -2.37. The third-order valence-corrected chi connectivity index (χ3v) is 3.97. The number of esters is 1. The lowest BCUT2D eigenvalue weighted by Gasteiger charge is -2.22. The maximum Gasteiger partial charge on any atom is 0.348 e. The number of benzene rings is 1. The number of aromatic nitrogens is 3. The molecule has 25 heavy (non-hydrogen) atoms. The van der Waals surface area contributed by atoms with Gasteiger partial charge in [0, 0.05) is 5.92 Å². The molecule has 1 aromatic heterocycles. The first kappa shape index (κ1) is 19.0. The van der Waals surface area contributed by atoms with Gasteiger partial charge in [0.15, 0.2) is 0 Å². The van der Waals surface area contributed by atoms with E-state index >= 15 is 0 Å². The van der Waals surface area contributed by atoms with Gasteiger partial charge in [0.05, 0.1) is 11.8 Å². The Kier molecular flexibility index (Phi) is 6.17. The molecule has 0 amide bonds. The van der Waals surface area contributed by atoms with E-state index in [1.165, 1.54) is 0 Å². The first-order chi connectivity index (χ1) is 11.8. The standard InChI is InChI=1S/C19H27N3O3/c1-7-14(5)17(18(23)24-12(2)3)25-19-20-15(6)22(21-19)16-10-8-9-13(4)11-16/h8-12,14,17H,7H2,1-6H3. The van der Waals surface area contributed by atoms with Crippen molar-refractivity contribution in [3.8, 4) is 11.7 Å². The molecule has 2 unspecified atom stereocenters. The number of hydrogen-bond acceptors (Lipinski definition) is 5. The van der Waals surface area contributed by atoms with E-state index in [9.17, 15) is 4.79 Å². The van der Waals surface area contributed by atoms with Gasteiger partial charge in [-0.05, 0) is 51.8 Å². The average Bonchev–Trinajstić information content (AvgIpc) is 2.91. The fourth-order valence-electron chi connectivity index (χ4n) is 2.44. The van der Waals surface area contributed by atoms with Gasteiger partial charge in [-0.15, -0.1) is 5.10 Å². The van der Waals surface area contributed by atoms with E-state index in [1.54, 1.807) is 4.68 Å². The van der Waals surface area contributed by atoms with Crippen molar-refractivity contribution in [1.82, 2.24) is 14.8 Å². The zero-order chi connectivity index (χ0) is 18.6. The van der Waals surface area contributed by atoms with Crippen LogP contribution in [0.2, 0.25) is 0 Å². The lowest BCUT2D eigenvalue weighted by molar-refractivity contribution is -0.158. The maximum atomic E-state index is 12.4. The summed E-state index contributed by atoms with van der Waals surface area (Å²) < 4.78 is 12.9. The zero-order valence-electron chi connectivity index (χ0n) is 15.8. The summed E-state index contributed by atoms with van der Waals surface area (Å²) in [5.41, 5.74) is 2.04. The molecule has 2 aromatic rings. The van der Waals surface area contributed by atoms with Gasteiger partial charge in [-0.3, -0.25) is 0 Å². The summed E-state index contributed by atoms with van der Waals surface area (Å²) in [6.07, 6.45) is -0.127. The first-order valence-electron chi connectivity index (χ1n) is 8.69. The lowest BCUT2D eigenvalue weighted by atomic mass is 10.0. The molecule has 0 spiro atoms. The van der Waals surface area contributed by atoms with Crippen molar-refractivity contribution in [1.29, 1.82) is 0 Å². The van der Waals surface area contributed by atoms with Crippen LogP contribution in [0.25, 0.3) is 5.69 Å². The molecular weight excluding hydrogens is 318 g/mol. The smallest absolute Gasteiger partial charge is 0.348 e. The molecule has 0 fully saturated rings. The molecule has 0 N–H and O–H groups in total. The quantitative estimate of drug-likeness (QED) is 0.717. The van der Waals surface area contributed by atoms with Gasteiger partial charge in [0.25, 0.3) is 0 Å². The molecule has 1 aromatic carbocycles. The lowest BCUT2D eigenvalue weighted by Crippen LogP contribution is -2.36. The molecule has 2 rings (SSSR count). The Bertz CT molecular complexity index is 724. The largest absolute Gasteiger partial charge is 0.460 e. The Labute approximate surface area is 149 Å². The molecule has 6 nitrogen and oxygen atoms in total. The van der Waals surface area contributed by atoms with Crippen LogP contribution in [0.3, 0.4) is 0 Å². The van der Waals surface area contributed by atoms with Crippen LogP contribution in [0.15, 0.2) is 24.3 Å². The summed E-state index contributed by atoms with van der Waals surface area (Å²) >= 11 is 0. The summed E-state index contributed by atoms with van der Waals surface area (Å²) in [5.74, 6) is 0.312. The number of carbonyl (C=O) groups is 1. The van der Waals surface area contributed by atoms with Gasteiger partial charge in [-0.25, -0.2) is 9.48 Å². The first-order valence-corrected chi connectivity index (χ1v) is 8.69. The third-order valence-electron chi connectivity index (χ3n) is 3.97. The maximum absolute atomic E-state index is 12.4. The van der Waals surface area contributed by atoms with E-state index in [1.807, 2.05) is 65.8 Å². The van der Waals surface area contributed by atoms with Crippen LogP contribution in [0.5, 0.6) is 6.01 Å². The fraction of sp³-hybridized carbons (Fsp3) is 0.526. The van der Waals surface area contributed by atoms with E-state index in [0.717, 1.165) is 17.7 Å². The zero-order valence-corrected chi connectivity index (χ0v) is 15.8. The van der Waals surface area contributed by atoms with Crippen LogP contribution in [0, 0.1) is 19.8 Å². The van der Waals surface area contributed by atoms with Crippen molar-refractivity contribution in [3.63, 3.8) is 0 Å². The van der Waals surface area contributed by atoms with E-state index in [-0.39, 0.29) is 24.0 Å². The highest BCUT2D eigenvalue weighted by molar-refractivity contribution is 5.75. The molecule has 0 bridgehead atoms. The summed E-state index contributed by atoms with van der Waals surface area (Å²) in [6, 6.07) is 8.15. The minimum absolute atomic E-state index is 0.00234. The summed E-state index contributed by atoms with van der Waals surface area (Å²) in [6.45, 7) is 11.5. The Morgan fingerprint density at radius 3 is 2.56 bits per heavy atom. The molecule has 0 saturated carbocycles. The Balaban J connectivity index is 2.25. The van der Waals surface area contributed by atoms with Crippen LogP contribution in [0.1, 0.15) is 45.5 Å². The van der Waals surface area contributed by atoms with Gasteiger partial charge < -0.3 is 9.47 Å². The molecule has 0 aliphatic carbocycles. The molecule has 0 aliphatic rings. The predicted molar refractivity (Wildman–Crippen MR) is 95.9 cm³/mol. The van der Waals surface area contributed by atoms with Crippen molar-refractivity contribution in [2.45, 2.75) is 60.2 Å². The average molecular weight is 345 g/mol. The highest BCUT2D eigenvalue weighted by atomic mass is 16.6. The van der Waals surface area contributed by atoms with Crippen LogP contribution in [-0.2, 0) is 9.53 Å².